The van der Waals surface area contributed by atoms with Gasteiger partial charge < -0.3 is 5.32 Å². The highest BCUT2D eigenvalue weighted by Gasteiger charge is 2.36. The minimum Gasteiger partial charge on any atom is -0.312 e. The zero-order valence-electron chi connectivity index (χ0n) is 10.8. The number of rotatable bonds is 2. The van der Waals surface area contributed by atoms with E-state index in [4.69, 9.17) is 0 Å². The summed E-state index contributed by atoms with van der Waals surface area (Å²) in [5.41, 5.74) is 1.46. The molecular weight excluding hydrogens is 228 g/mol. The number of piperidine rings is 1. The van der Waals surface area contributed by atoms with Gasteiger partial charge in [-0.1, -0.05) is 0 Å². The first-order valence-electron chi connectivity index (χ1n) is 6.77. The number of aryl methyl sites for hydroxylation is 1. The molecule has 1 N–H and O–H groups in total. The smallest absolute Gasteiger partial charge is 0.0416 e. The minimum atomic E-state index is 0.599. The van der Waals surface area contributed by atoms with Crippen LogP contribution < -0.4 is 5.32 Å². The number of nitrogens with zero attached hydrogens (tertiary/aromatic N) is 1. The molecule has 2 nitrogen and oxygen atoms in total. The summed E-state index contributed by atoms with van der Waals surface area (Å²) in [7, 11) is 0. The van der Waals surface area contributed by atoms with Gasteiger partial charge in [0, 0.05) is 30.1 Å². The largest absolute Gasteiger partial charge is 0.312 e. The van der Waals surface area contributed by atoms with Crippen LogP contribution in [0.1, 0.15) is 36.2 Å². The minimum absolute atomic E-state index is 0.599. The molecule has 0 spiro atoms. The maximum Gasteiger partial charge on any atom is 0.0416 e. The molecule has 3 unspecified atom stereocenters. The Morgan fingerprint density at radius 3 is 3.06 bits per heavy atom. The van der Waals surface area contributed by atoms with Crippen molar-refractivity contribution in [3.8, 4) is 0 Å². The number of hydrogen-bond acceptors (Lipinski definition) is 3. The second-order valence-electron chi connectivity index (χ2n) is 5.56. The lowest BCUT2D eigenvalue weighted by Crippen LogP contribution is -2.40. The highest BCUT2D eigenvalue weighted by molar-refractivity contribution is 7.10. The van der Waals surface area contributed by atoms with Crippen LogP contribution in [0.4, 0.5) is 0 Å². The maximum atomic E-state index is 3.69. The molecule has 0 aliphatic carbocycles. The van der Waals surface area contributed by atoms with E-state index < -0.39 is 0 Å². The number of fused-ring (bicyclic) bond motifs is 1. The van der Waals surface area contributed by atoms with Gasteiger partial charge >= 0.3 is 0 Å². The molecule has 0 amide bonds. The molecule has 2 aliphatic rings. The summed E-state index contributed by atoms with van der Waals surface area (Å²) in [6.45, 7) is 8.36. The third-order valence-corrected chi connectivity index (χ3v) is 5.65. The van der Waals surface area contributed by atoms with Crippen molar-refractivity contribution in [3.63, 3.8) is 0 Å². The van der Waals surface area contributed by atoms with Gasteiger partial charge in [0.15, 0.2) is 0 Å². The fourth-order valence-electron chi connectivity index (χ4n) is 3.37. The topological polar surface area (TPSA) is 15.3 Å². The lowest BCUT2D eigenvalue weighted by atomic mass is 9.94. The second kappa shape index (κ2) is 4.71. The molecule has 94 valence electrons. The van der Waals surface area contributed by atoms with E-state index in [2.05, 4.69) is 35.5 Å². The van der Waals surface area contributed by atoms with Crippen molar-refractivity contribution in [2.45, 2.75) is 38.8 Å². The maximum absolute atomic E-state index is 3.69. The lowest BCUT2D eigenvalue weighted by Gasteiger charge is -2.25. The highest BCUT2D eigenvalue weighted by Crippen LogP contribution is 2.34. The summed E-state index contributed by atoms with van der Waals surface area (Å²) < 4.78 is 0. The second-order valence-corrected chi connectivity index (χ2v) is 6.51. The van der Waals surface area contributed by atoms with E-state index in [1.54, 1.807) is 4.88 Å². The summed E-state index contributed by atoms with van der Waals surface area (Å²) in [5, 5.41) is 5.91. The average Bonchev–Trinajstić information content (AvgIpc) is 2.93. The molecule has 3 atom stereocenters. The first-order chi connectivity index (χ1) is 8.25. The zero-order valence-corrected chi connectivity index (χ0v) is 11.6. The van der Waals surface area contributed by atoms with E-state index in [1.807, 2.05) is 11.3 Å². The molecule has 3 heteroatoms. The van der Waals surface area contributed by atoms with Gasteiger partial charge in [0.2, 0.25) is 0 Å². The van der Waals surface area contributed by atoms with Crippen LogP contribution in [0.3, 0.4) is 0 Å². The summed E-state index contributed by atoms with van der Waals surface area (Å²) >= 11 is 1.92. The Bertz CT molecular complexity index is 373. The van der Waals surface area contributed by atoms with Gasteiger partial charge in [-0.05, 0) is 56.2 Å². The Morgan fingerprint density at radius 2 is 2.35 bits per heavy atom. The fourth-order valence-corrected chi connectivity index (χ4v) is 4.39. The number of nitrogens with one attached hydrogen (secondary N) is 1. The fraction of sp³-hybridized carbons (Fsp3) is 0.714. The molecule has 1 aromatic heterocycles. The van der Waals surface area contributed by atoms with E-state index in [-0.39, 0.29) is 0 Å². The molecule has 1 aromatic rings. The monoisotopic (exact) mass is 250 g/mol. The first kappa shape index (κ1) is 11.7. The Balaban J connectivity index is 1.71. The first-order valence-corrected chi connectivity index (χ1v) is 7.65. The van der Waals surface area contributed by atoms with Crippen LogP contribution in [0.15, 0.2) is 11.4 Å². The van der Waals surface area contributed by atoms with Gasteiger partial charge in [0.05, 0.1) is 0 Å². The van der Waals surface area contributed by atoms with E-state index in [1.165, 1.54) is 38.0 Å². The van der Waals surface area contributed by atoms with Crippen molar-refractivity contribution in [3.05, 3.63) is 21.9 Å². The molecule has 2 saturated heterocycles. The predicted molar refractivity (Wildman–Crippen MR) is 73.6 cm³/mol. The van der Waals surface area contributed by atoms with E-state index in [0.717, 1.165) is 12.0 Å². The molecule has 0 radical (unpaired) electrons. The number of hydrogen-bond donors (Lipinski definition) is 1. The third-order valence-electron chi connectivity index (χ3n) is 4.46. The van der Waals surface area contributed by atoms with Crippen molar-refractivity contribution in [2.24, 2.45) is 5.92 Å². The summed E-state index contributed by atoms with van der Waals surface area (Å²) in [4.78, 5) is 4.23. The standard InChI is InChI=1S/C14H22N2S/c1-10-5-7-17-14(10)11(2)16-8-12-4-3-6-15-13(12)9-16/h5,7,11-13,15H,3-4,6,8-9H2,1-2H3. The SMILES string of the molecule is Cc1ccsc1C(C)N1CC2CCCNC2C1. The normalized spacial score (nSPS) is 31.4. The molecule has 2 aliphatic heterocycles. The van der Waals surface area contributed by atoms with Crippen molar-refractivity contribution < 1.29 is 0 Å². The third kappa shape index (κ3) is 2.16. The summed E-state index contributed by atoms with van der Waals surface area (Å²) in [6.07, 6.45) is 2.78. The van der Waals surface area contributed by atoms with Gasteiger partial charge in [-0.25, -0.2) is 0 Å². The van der Waals surface area contributed by atoms with Crippen LogP contribution in [-0.4, -0.2) is 30.6 Å². The van der Waals surface area contributed by atoms with Gasteiger partial charge in [0.25, 0.3) is 0 Å². The van der Waals surface area contributed by atoms with E-state index in [9.17, 15) is 0 Å². The van der Waals surface area contributed by atoms with Crippen molar-refractivity contribution in [2.75, 3.05) is 19.6 Å². The Labute approximate surface area is 108 Å². The Morgan fingerprint density at radius 1 is 1.47 bits per heavy atom. The Hall–Kier alpha value is -0.380. The molecule has 17 heavy (non-hydrogen) atoms. The van der Waals surface area contributed by atoms with Gasteiger partial charge in [-0.15, -0.1) is 11.3 Å². The molecule has 3 heterocycles. The van der Waals surface area contributed by atoms with Crippen LogP contribution >= 0.6 is 11.3 Å². The number of thiophene rings is 1. The average molecular weight is 250 g/mol. The van der Waals surface area contributed by atoms with Gasteiger partial charge in [0.1, 0.15) is 0 Å². The highest BCUT2D eigenvalue weighted by atomic mass is 32.1. The van der Waals surface area contributed by atoms with Crippen LogP contribution in [0.2, 0.25) is 0 Å². The van der Waals surface area contributed by atoms with Crippen molar-refractivity contribution in [1.29, 1.82) is 0 Å². The molecule has 2 fully saturated rings. The molecule has 0 aromatic carbocycles. The molecule has 0 bridgehead atoms. The van der Waals surface area contributed by atoms with Gasteiger partial charge in [-0.2, -0.15) is 0 Å². The van der Waals surface area contributed by atoms with Crippen LogP contribution in [0.5, 0.6) is 0 Å². The molecule has 0 saturated carbocycles. The van der Waals surface area contributed by atoms with Gasteiger partial charge in [-0.3, -0.25) is 4.90 Å². The van der Waals surface area contributed by atoms with Crippen LogP contribution in [-0.2, 0) is 0 Å². The Kier molecular flexibility index (Phi) is 3.24. The number of likely N-dealkylation sites (tertiary alicyclic amines) is 1. The lowest BCUT2D eigenvalue weighted by molar-refractivity contribution is 0.253. The quantitative estimate of drug-likeness (QED) is 0.868. The summed E-state index contributed by atoms with van der Waals surface area (Å²) in [6, 6.07) is 3.60. The van der Waals surface area contributed by atoms with E-state index in [0.29, 0.717) is 6.04 Å². The van der Waals surface area contributed by atoms with Crippen LogP contribution in [0, 0.1) is 12.8 Å². The molecular formula is C14H22N2S. The van der Waals surface area contributed by atoms with Crippen molar-refractivity contribution in [1.82, 2.24) is 10.2 Å². The molecule has 3 rings (SSSR count). The van der Waals surface area contributed by atoms with Crippen molar-refractivity contribution >= 4 is 11.3 Å². The van der Waals surface area contributed by atoms with Crippen LogP contribution in [0.25, 0.3) is 0 Å². The zero-order chi connectivity index (χ0) is 11.8. The predicted octanol–water partition coefficient (Wildman–Crippen LogP) is 2.80. The van der Waals surface area contributed by atoms with E-state index >= 15 is 0 Å². The summed E-state index contributed by atoms with van der Waals surface area (Å²) in [5.74, 6) is 0.895.